The van der Waals surface area contributed by atoms with Gasteiger partial charge >= 0.3 is 5.97 Å². The van der Waals surface area contributed by atoms with E-state index in [0.29, 0.717) is 0 Å². The number of carbonyl (C=O) groups is 3. The lowest BCUT2D eigenvalue weighted by Gasteiger charge is -2.26. The Morgan fingerprint density at radius 1 is 1.15 bits per heavy atom. The molecule has 0 aromatic heterocycles. The molecule has 2 rings (SSSR count). The van der Waals surface area contributed by atoms with E-state index in [-0.39, 0.29) is 42.7 Å². The number of hydrogen-bond donors (Lipinski definition) is 2. The predicted octanol–water partition coefficient (Wildman–Crippen LogP) is 2.16. The van der Waals surface area contributed by atoms with E-state index in [4.69, 9.17) is 14.9 Å². The number of hydrogen-bond acceptors (Lipinski definition) is 6. The van der Waals surface area contributed by atoms with Crippen molar-refractivity contribution >= 4 is 23.9 Å². The Morgan fingerprint density at radius 2 is 1.81 bits per heavy atom. The lowest BCUT2D eigenvalue weighted by molar-refractivity contribution is -0.154. The van der Waals surface area contributed by atoms with Crippen LogP contribution in [-0.2, 0) is 23.9 Å². The number of amides is 1. The number of nitrogens with one attached hydrogen (secondary N) is 2. The Morgan fingerprint density at radius 3 is 2.35 bits per heavy atom. The molecular weight excluding hydrogens is 336 g/mol. The Kier molecular flexibility index (Phi) is 7.75. The van der Waals surface area contributed by atoms with Gasteiger partial charge in [0.2, 0.25) is 5.91 Å². The highest BCUT2D eigenvalue weighted by Gasteiger charge is 2.38. The Balaban J connectivity index is 2.01. The van der Waals surface area contributed by atoms with Gasteiger partial charge in [0.15, 0.2) is 5.78 Å². The molecule has 2 aliphatic carbocycles. The van der Waals surface area contributed by atoms with Crippen LogP contribution in [0.15, 0.2) is 0 Å². The van der Waals surface area contributed by atoms with Crippen molar-refractivity contribution in [1.29, 1.82) is 5.41 Å². The van der Waals surface area contributed by atoms with E-state index < -0.39 is 18.1 Å². The predicted molar refractivity (Wildman–Crippen MR) is 96.0 cm³/mol. The van der Waals surface area contributed by atoms with Crippen LogP contribution in [0, 0.1) is 11.3 Å². The van der Waals surface area contributed by atoms with Crippen molar-refractivity contribution in [2.75, 3.05) is 0 Å². The fourth-order valence-electron chi connectivity index (χ4n) is 3.23. The van der Waals surface area contributed by atoms with Gasteiger partial charge in [-0.3, -0.25) is 9.59 Å². The molecular formula is C19H30N2O5. The van der Waals surface area contributed by atoms with E-state index in [9.17, 15) is 14.4 Å². The highest BCUT2D eigenvalue weighted by Crippen LogP contribution is 2.34. The van der Waals surface area contributed by atoms with Crippen molar-refractivity contribution in [2.45, 2.75) is 89.6 Å². The molecule has 0 spiro atoms. The zero-order valence-electron chi connectivity index (χ0n) is 15.7. The molecule has 0 unspecified atom stereocenters. The summed E-state index contributed by atoms with van der Waals surface area (Å²) in [6.45, 7) is 3.47. The number of rotatable bonds is 11. The third-order valence-corrected chi connectivity index (χ3v) is 4.74. The van der Waals surface area contributed by atoms with Crippen LogP contribution in [0.5, 0.6) is 0 Å². The molecule has 2 atom stereocenters. The molecule has 0 bridgehead atoms. The molecule has 146 valence electrons. The average molecular weight is 366 g/mol. The summed E-state index contributed by atoms with van der Waals surface area (Å²) < 4.78 is 11.2. The maximum atomic E-state index is 12.8. The van der Waals surface area contributed by atoms with Crippen LogP contribution in [0.3, 0.4) is 0 Å². The lowest BCUT2D eigenvalue weighted by atomic mass is 9.99. The first kappa shape index (κ1) is 20.6. The van der Waals surface area contributed by atoms with Gasteiger partial charge in [-0.1, -0.05) is 12.8 Å². The third-order valence-electron chi connectivity index (χ3n) is 4.74. The normalized spacial score (nSPS) is 19.8. The minimum Gasteiger partial charge on any atom is -0.461 e. The van der Waals surface area contributed by atoms with Gasteiger partial charge in [-0.2, -0.15) is 0 Å². The van der Waals surface area contributed by atoms with Gasteiger partial charge in [-0.15, -0.1) is 0 Å². The van der Waals surface area contributed by atoms with Crippen molar-refractivity contribution in [3.05, 3.63) is 0 Å². The van der Waals surface area contributed by atoms with Gasteiger partial charge in [0.25, 0.3) is 0 Å². The average Bonchev–Trinajstić information content (AvgIpc) is 3.26. The number of ketones is 1. The molecule has 0 aromatic rings. The summed E-state index contributed by atoms with van der Waals surface area (Å²) in [5.41, 5.74) is 0. The summed E-state index contributed by atoms with van der Waals surface area (Å²) in [6.07, 6.45) is 6.20. The molecule has 0 radical (unpaired) electrons. The van der Waals surface area contributed by atoms with E-state index in [1.807, 2.05) is 0 Å². The Bertz CT molecular complexity index is 524. The molecule has 2 aliphatic rings. The topological polar surface area (TPSA) is 106 Å². The molecule has 2 fully saturated rings. The zero-order valence-corrected chi connectivity index (χ0v) is 15.7. The highest BCUT2D eigenvalue weighted by atomic mass is 16.5. The Labute approximate surface area is 154 Å². The summed E-state index contributed by atoms with van der Waals surface area (Å²) in [5, 5.41) is 9.73. The summed E-state index contributed by atoms with van der Waals surface area (Å²) in [5.74, 6) is -1.05. The largest absolute Gasteiger partial charge is 0.461 e. The summed E-state index contributed by atoms with van der Waals surface area (Å²) >= 11 is 0. The first-order valence-corrected chi connectivity index (χ1v) is 9.60. The van der Waals surface area contributed by atoms with Crippen molar-refractivity contribution in [3.63, 3.8) is 0 Å². The second-order valence-electron chi connectivity index (χ2n) is 7.50. The molecule has 2 N–H and O–H groups in total. The van der Waals surface area contributed by atoms with E-state index in [0.717, 1.165) is 44.7 Å². The first-order chi connectivity index (χ1) is 12.4. The SMILES string of the molecule is CC(C)OC(=O)[C@H](CCC(=O)C=N)NC(=O)[C@@H](OC1CC1)C1CCCC1. The van der Waals surface area contributed by atoms with E-state index >= 15 is 0 Å². The fourth-order valence-corrected chi connectivity index (χ4v) is 3.23. The molecule has 2 saturated carbocycles. The number of ether oxygens (including phenoxy) is 2. The van der Waals surface area contributed by atoms with Crippen LogP contribution in [0.4, 0.5) is 0 Å². The highest BCUT2D eigenvalue weighted by molar-refractivity contribution is 6.26. The van der Waals surface area contributed by atoms with Gasteiger partial charge in [-0.25, -0.2) is 4.79 Å². The zero-order chi connectivity index (χ0) is 19.1. The summed E-state index contributed by atoms with van der Waals surface area (Å²) in [7, 11) is 0. The van der Waals surface area contributed by atoms with Gasteiger partial charge in [0.05, 0.1) is 18.4 Å². The molecule has 7 heteroatoms. The smallest absolute Gasteiger partial charge is 0.328 e. The quantitative estimate of drug-likeness (QED) is 0.430. The summed E-state index contributed by atoms with van der Waals surface area (Å²) in [6, 6.07) is -0.902. The molecule has 0 heterocycles. The third kappa shape index (κ3) is 6.52. The van der Waals surface area contributed by atoms with E-state index in [1.54, 1.807) is 13.8 Å². The molecule has 26 heavy (non-hydrogen) atoms. The second kappa shape index (κ2) is 9.80. The van der Waals surface area contributed by atoms with Crippen molar-refractivity contribution in [3.8, 4) is 0 Å². The van der Waals surface area contributed by atoms with Crippen LogP contribution in [-0.4, -0.2) is 48.2 Å². The van der Waals surface area contributed by atoms with E-state index in [1.165, 1.54) is 0 Å². The molecule has 0 aliphatic heterocycles. The maximum absolute atomic E-state index is 12.8. The van der Waals surface area contributed by atoms with Gasteiger partial charge in [0.1, 0.15) is 12.1 Å². The van der Waals surface area contributed by atoms with Crippen LogP contribution < -0.4 is 5.32 Å². The molecule has 0 aromatic carbocycles. The van der Waals surface area contributed by atoms with Gasteiger partial charge in [-0.05, 0) is 51.9 Å². The van der Waals surface area contributed by atoms with E-state index in [2.05, 4.69) is 5.32 Å². The molecule has 0 saturated heterocycles. The van der Waals surface area contributed by atoms with Crippen LogP contribution in [0.1, 0.15) is 65.2 Å². The van der Waals surface area contributed by atoms with Crippen LogP contribution in [0.2, 0.25) is 0 Å². The fraction of sp³-hybridized carbons (Fsp3) is 0.789. The minimum atomic E-state index is -0.902. The Hall–Kier alpha value is -1.76. The van der Waals surface area contributed by atoms with Crippen molar-refractivity contribution in [2.24, 2.45) is 5.92 Å². The minimum absolute atomic E-state index is 0.0131. The second-order valence-corrected chi connectivity index (χ2v) is 7.50. The lowest BCUT2D eigenvalue weighted by Crippen LogP contribution is -2.49. The molecule has 7 nitrogen and oxygen atoms in total. The summed E-state index contributed by atoms with van der Waals surface area (Å²) in [4.78, 5) is 36.6. The molecule has 1 amide bonds. The first-order valence-electron chi connectivity index (χ1n) is 9.60. The standard InChI is InChI=1S/C19H30N2O5/c1-12(2)25-19(24)16(10-7-14(22)11-20)21-18(23)17(26-15-8-9-15)13-5-3-4-6-13/h11-13,15-17,20H,3-10H2,1-2H3,(H,21,23)/t16-,17-/m0/s1. The number of carbonyl (C=O) groups excluding carboxylic acids is 3. The number of esters is 1. The van der Waals surface area contributed by atoms with Crippen LogP contribution >= 0.6 is 0 Å². The van der Waals surface area contributed by atoms with Crippen molar-refractivity contribution in [1.82, 2.24) is 5.32 Å². The monoisotopic (exact) mass is 366 g/mol. The number of Topliss-reactive ketones (excluding diaryl/α,β-unsaturated/α-hetero) is 1. The van der Waals surface area contributed by atoms with Gasteiger partial charge in [0, 0.05) is 6.42 Å². The van der Waals surface area contributed by atoms with Crippen molar-refractivity contribution < 1.29 is 23.9 Å². The van der Waals surface area contributed by atoms with Gasteiger partial charge < -0.3 is 20.2 Å². The van der Waals surface area contributed by atoms with Crippen LogP contribution in [0.25, 0.3) is 0 Å². The maximum Gasteiger partial charge on any atom is 0.328 e.